The molecule has 1 heterocycles. The third-order valence-corrected chi connectivity index (χ3v) is 2.22. The lowest BCUT2D eigenvalue weighted by Gasteiger charge is -2.07. The van der Waals surface area contributed by atoms with Crippen molar-refractivity contribution in [1.29, 1.82) is 5.26 Å². The fourth-order valence-electron chi connectivity index (χ4n) is 1.46. The first kappa shape index (κ1) is 12.0. The molecule has 1 aromatic carbocycles. The van der Waals surface area contributed by atoms with Gasteiger partial charge in [0.2, 0.25) is 0 Å². The van der Waals surface area contributed by atoms with Gasteiger partial charge in [-0.3, -0.25) is 0 Å². The maximum atomic E-state index is 13.2. The highest BCUT2D eigenvalue weighted by Crippen LogP contribution is 2.18. The number of nitrogens with one attached hydrogen (secondary N) is 1. The zero-order valence-corrected chi connectivity index (χ0v) is 9.22. The lowest BCUT2D eigenvalue weighted by Crippen LogP contribution is -2.70. The first-order chi connectivity index (χ1) is 8.71. The van der Waals surface area contributed by atoms with Gasteiger partial charge in [-0.2, -0.15) is 5.26 Å². The van der Waals surface area contributed by atoms with Crippen LogP contribution in [0.15, 0.2) is 36.5 Å². The van der Waals surface area contributed by atoms with Gasteiger partial charge in [-0.15, -0.1) is 0 Å². The van der Waals surface area contributed by atoms with Crippen LogP contribution in [0.5, 0.6) is 0 Å². The van der Waals surface area contributed by atoms with E-state index in [0.717, 1.165) is 6.07 Å². The van der Waals surface area contributed by atoms with Crippen LogP contribution < -0.4 is 10.8 Å². The summed E-state index contributed by atoms with van der Waals surface area (Å²) in [6.45, 7) is 0. The van der Waals surface area contributed by atoms with Crippen LogP contribution in [-0.4, -0.2) is 4.98 Å². The standard InChI is InChI=1S/C12H9FN4O/c13-9-3-8(7-14)4-11(5-9)16-12-6-10(17-18)1-2-15-12/h1-6H,17H2,(H,15,16). The van der Waals surface area contributed by atoms with E-state index in [4.69, 9.17) is 5.26 Å². The van der Waals surface area contributed by atoms with E-state index in [9.17, 15) is 9.60 Å². The summed E-state index contributed by atoms with van der Waals surface area (Å²) in [6, 6.07) is 8.84. The van der Waals surface area contributed by atoms with Crippen LogP contribution in [-0.2, 0) is 0 Å². The largest absolute Gasteiger partial charge is 0.630 e. The maximum Gasteiger partial charge on any atom is 0.136 e. The van der Waals surface area contributed by atoms with Crippen LogP contribution in [0.1, 0.15) is 5.56 Å². The Bertz CT molecular complexity index is 609. The number of rotatable bonds is 3. The molecule has 5 nitrogen and oxygen atoms in total. The van der Waals surface area contributed by atoms with Gasteiger partial charge in [-0.25, -0.2) is 9.37 Å². The highest BCUT2D eigenvalue weighted by Gasteiger charge is 2.03. The number of nitrogens with two attached hydrogens (primary N) is 1. The Morgan fingerprint density at radius 3 is 2.89 bits per heavy atom. The highest BCUT2D eigenvalue weighted by molar-refractivity contribution is 5.60. The molecule has 0 saturated heterocycles. The van der Waals surface area contributed by atoms with E-state index >= 15 is 0 Å². The number of hydrogen-bond acceptors (Lipinski definition) is 4. The summed E-state index contributed by atoms with van der Waals surface area (Å²) in [4.78, 5) is 3.99. The molecule has 0 fully saturated rings. The van der Waals surface area contributed by atoms with Crippen LogP contribution in [0.2, 0.25) is 0 Å². The molecule has 2 rings (SSSR count). The smallest absolute Gasteiger partial charge is 0.136 e. The van der Waals surface area contributed by atoms with Crippen molar-refractivity contribution in [1.82, 2.24) is 4.98 Å². The first-order valence-electron chi connectivity index (χ1n) is 5.10. The van der Waals surface area contributed by atoms with Crippen molar-refractivity contribution < 1.29 is 9.87 Å². The molecule has 0 aliphatic carbocycles. The summed E-state index contributed by atoms with van der Waals surface area (Å²) >= 11 is 0. The van der Waals surface area contributed by atoms with E-state index < -0.39 is 5.82 Å². The van der Waals surface area contributed by atoms with Gasteiger partial charge in [-0.05, 0) is 18.2 Å². The molecule has 2 aromatic rings. The minimum Gasteiger partial charge on any atom is -0.630 e. The normalized spacial score (nSPS) is 9.83. The third kappa shape index (κ3) is 2.79. The lowest BCUT2D eigenvalue weighted by molar-refractivity contribution is -0.497. The lowest BCUT2D eigenvalue weighted by atomic mass is 10.2. The van der Waals surface area contributed by atoms with Crippen LogP contribution in [0.3, 0.4) is 0 Å². The molecule has 0 aliphatic heterocycles. The van der Waals surface area contributed by atoms with Crippen LogP contribution >= 0.6 is 0 Å². The van der Waals surface area contributed by atoms with Crippen molar-refractivity contribution >= 4 is 17.2 Å². The number of pyridine rings is 1. The third-order valence-electron chi connectivity index (χ3n) is 2.22. The van der Waals surface area contributed by atoms with Gasteiger partial charge in [0, 0.05) is 24.0 Å². The van der Waals surface area contributed by atoms with Crippen molar-refractivity contribution in [3.8, 4) is 6.07 Å². The van der Waals surface area contributed by atoms with E-state index in [2.05, 4.69) is 10.3 Å². The van der Waals surface area contributed by atoms with E-state index in [0.29, 0.717) is 22.7 Å². The van der Waals surface area contributed by atoms with Crippen LogP contribution in [0.25, 0.3) is 0 Å². The Balaban J connectivity index is 2.28. The minimum atomic E-state index is -0.511. The van der Waals surface area contributed by atoms with Crippen molar-refractivity contribution in [2.24, 2.45) is 0 Å². The number of nitrogens with zero attached hydrogens (tertiary/aromatic N) is 2. The average molecular weight is 244 g/mol. The summed E-state index contributed by atoms with van der Waals surface area (Å²) in [7, 11) is 0. The number of benzene rings is 1. The van der Waals surface area contributed by atoms with Crippen LogP contribution in [0.4, 0.5) is 21.6 Å². The van der Waals surface area contributed by atoms with Gasteiger partial charge in [-0.1, -0.05) is 0 Å². The molecule has 0 spiro atoms. The van der Waals surface area contributed by atoms with E-state index in [-0.39, 0.29) is 5.56 Å². The number of hydrogen-bond donors (Lipinski definition) is 2. The van der Waals surface area contributed by atoms with Gasteiger partial charge < -0.3 is 16.0 Å². The monoisotopic (exact) mass is 244 g/mol. The summed E-state index contributed by atoms with van der Waals surface area (Å²) in [6.07, 6.45) is 1.47. The molecule has 0 unspecified atom stereocenters. The predicted molar refractivity (Wildman–Crippen MR) is 63.6 cm³/mol. The fraction of sp³-hybridized carbons (Fsp3) is 0. The molecule has 90 valence electrons. The van der Waals surface area contributed by atoms with Gasteiger partial charge >= 0.3 is 0 Å². The molecule has 0 aliphatic rings. The molecule has 0 radical (unpaired) electrons. The van der Waals surface area contributed by atoms with Crippen molar-refractivity contribution in [2.75, 3.05) is 5.32 Å². The number of aromatic nitrogens is 1. The zero-order valence-electron chi connectivity index (χ0n) is 9.22. The second-order valence-corrected chi connectivity index (χ2v) is 3.56. The van der Waals surface area contributed by atoms with E-state index in [1.165, 1.54) is 24.4 Å². The molecule has 0 amide bonds. The zero-order chi connectivity index (χ0) is 13.0. The van der Waals surface area contributed by atoms with E-state index in [1.807, 2.05) is 6.07 Å². The average Bonchev–Trinajstić information content (AvgIpc) is 2.38. The van der Waals surface area contributed by atoms with Gasteiger partial charge in [0.25, 0.3) is 0 Å². The molecule has 18 heavy (non-hydrogen) atoms. The number of quaternary nitrogens is 1. The summed E-state index contributed by atoms with van der Waals surface area (Å²) in [5, 5.41) is 22.2. The Morgan fingerprint density at radius 2 is 2.17 bits per heavy atom. The molecule has 6 heteroatoms. The Labute approximate surface area is 102 Å². The summed E-state index contributed by atoms with van der Waals surface area (Å²) in [5.41, 5.74) is 1.77. The molecule has 1 aromatic heterocycles. The van der Waals surface area contributed by atoms with Crippen molar-refractivity contribution in [3.05, 3.63) is 53.1 Å². The summed E-state index contributed by atoms with van der Waals surface area (Å²) in [5.74, 6) is -0.0998. The molecular weight excluding hydrogens is 235 g/mol. The minimum absolute atomic E-state index is 0.212. The number of halogens is 1. The fourth-order valence-corrected chi connectivity index (χ4v) is 1.46. The maximum absolute atomic E-state index is 13.2. The highest BCUT2D eigenvalue weighted by atomic mass is 19.1. The molecule has 0 bridgehead atoms. The quantitative estimate of drug-likeness (QED) is 0.801. The molecule has 0 saturated carbocycles. The Morgan fingerprint density at radius 1 is 1.33 bits per heavy atom. The molecule has 0 atom stereocenters. The predicted octanol–water partition coefficient (Wildman–Crippen LogP) is 1.53. The van der Waals surface area contributed by atoms with Crippen molar-refractivity contribution in [3.63, 3.8) is 0 Å². The first-order valence-corrected chi connectivity index (χ1v) is 5.10. The van der Waals surface area contributed by atoms with Crippen LogP contribution in [0, 0.1) is 22.4 Å². The van der Waals surface area contributed by atoms with E-state index in [1.54, 1.807) is 6.07 Å². The van der Waals surface area contributed by atoms with Gasteiger partial charge in [0.1, 0.15) is 17.3 Å². The van der Waals surface area contributed by atoms with Crippen molar-refractivity contribution in [2.45, 2.75) is 0 Å². The number of nitriles is 1. The topological polar surface area (TPSA) is 88.4 Å². The summed E-state index contributed by atoms with van der Waals surface area (Å²) < 4.78 is 13.2. The molecular formula is C12H9FN4O. The van der Waals surface area contributed by atoms with Gasteiger partial charge in [0.15, 0.2) is 0 Å². The Hall–Kier alpha value is -2.49. The SMILES string of the molecule is N#Cc1cc(F)cc(Nc2cc([NH2+][O-])ccn2)c1. The second kappa shape index (κ2) is 5.23. The van der Waals surface area contributed by atoms with Gasteiger partial charge in [0.05, 0.1) is 11.6 Å². The number of anilines is 2. The molecule has 3 N–H and O–H groups in total. The second-order valence-electron chi connectivity index (χ2n) is 3.56. The Kier molecular flexibility index (Phi) is 3.48.